The van der Waals surface area contributed by atoms with E-state index in [-0.39, 0.29) is 22.3 Å². The van der Waals surface area contributed by atoms with E-state index in [2.05, 4.69) is 16.2 Å². The average Bonchev–Trinajstić information content (AvgIpc) is 2.70. The standard InChI is InChI=1S/C20H15Cl2N3O3S/c21-13-8-9-15(16(22)10-13)19(27)23-20(29)25-24-18(26)11-28-17-7-3-5-12-4-1-2-6-14(12)17/h1-10H,11H2,(H,24,26)(H2,23,25,27,29). The van der Waals surface area contributed by atoms with Crippen molar-refractivity contribution in [3.8, 4) is 5.75 Å². The molecule has 3 rings (SSSR count). The summed E-state index contributed by atoms with van der Waals surface area (Å²) in [6.45, 7) is -0.236. The number of rotatable bonds is 4. The van der Waals surface area contributed by atoms with Gasteiger partial charge in [-0.15, -0.1) is 0 Å². The van der Waals surface area contributed by atoms with Gasteiger partial charge in [-0.05, 0) is 41.9 Å². The minimum atomic E-state index is -0.537. The molecule has 0 bridgehead atoms. The van der Waals surface area contributed by atoms with Crippen LogP contribution in [0.2, 0.25) is 10.0 Å². The molecule has 0 unspecified atom stereocenters. The summed E-state index contributed by atoms with van der Waals surface area (Å²) >= 11 is 16.8. The van der Waals surface area contributed by atoms with Crippen molar-refractivity contribution in [2.24, 2.45) is 0 Å². The Morgan fingerprint density at radius 2 is 1.72 bits per heavy atom. The number of nitrogens with one attached hydrogen (secondary N) is 3. The largest absolute Gasteiger partial charge is 0.483 e. The predicted octanol–water partition coefficient (Wildman–Crippen LogP) is 3.86. The number of hydrazine groups is 1. The van der Waals surface area contributed by atoms with Crippen molar-refractivity contribution in [2.45, 2.75) is 0 Å². The molecule has 3 aromatic rings. The number of carbonyl (C=O) groups is 2. The fourth-order valence-corrected chi connectivity index (χ4v) is 3.14. The number of thiocarbonyl (C=S) groups is 1. The highest BCUT2D eigenvalue weighted by Gasteiger charge is 2.13. The summed E-state index contributed by atoms with van der Waals surface area (Å²) in [7, 11) is 0. The zero-order chi connectivity index (χ0) is 20.8. The second-order valence-electron chi connectivity index (χ2n) is 5.85. The van der Waals surface area contributed by atoms with Gasteiger partial charge in [0.2, 0.25) is 0 Å². The van der Waals surface area contributed by atoms with Gasteiger partial charge in [0, 0.05) is 10.4 Å². The monoisotopic (exact) mass is 447 g/mol. The molecule has 0 heterocycles. The Hall–Kier alpha value is -2.87. The van der Waals surface area contributed by atoms with Crippen molar-refractivity contribution >= 4 is 63.1 Å². The van der Waals surface area contributed by atoms with E-state index in [1.807, 2.05) is 36.4 Å². The summed E-state index contributed by atoms with van der Waals surface area (Å²) in [5.74, 6) is -0.420. The van der Waals surface area contributed by atoms with Crippen molar-refractivity contribution < 1.29 is 14.3 Å². The average molecular weight is 448 g/mol. The van der Waals surface area contributed by atoms with E-state index in [1.165, 1.54) is 18.2 Å². The van der Waals surface area contributed by atoms with Crippen LogP contribution < -0.4 is 20.9 Å². The number of carbonyl (C=O) groups excluding carboxylic acids is 2. The third kappa shape index (κ3) is 5.57. The molecule has 0 saturated carbocycles. The molecule has 0 radical (unpaired) electrons. The summed E-state index contributed by atoms with van der Waals surface area (Å²) in [5, 5.41) is 4.81. The van der Waals surface area contributed by atoms with Crippen LogP contribution in [-0.4, -0.2) is 23.5 Å². The Labute approximate surface area is 182 Å². The Balaban J connectivity index is 1.48. The maximum atomic E-state index is 12.2. The van der Waals surface area contributed by atoms with Crippen LogP contribution in [0.25, 0.3) is 10.8 Å². The number of ether oxygens (including phenoxy) is 1. The minimum absolute atomic E-state index is 0.0977. The Morgan fingerprint density at radius 3 is 2.52 bits per heavy atom. The molecule has 148 valence electrons. The van der Waals surface area contributed by atoms with Gasteiger partial charge in [-0.2, -0.15) is 0 Å². The second-order valence-corrected chi connectivity index (χ2v) is 7.10. The lowest BCUT2D eigenvalue weighted by Gasteiger charge is -2.12. The third-order valence-electron chi connectivity index (χ3n) is 3.83. The molecule has 0 atom stereocenters. The smallest absolute Gasteiger partial charge is 0.276 e. The van der Waals surface area contributed by atoms with Gasteiger partial charge in [0.1, 0.15) is 5.75 Å². The van der Waals surface area contributed by atoms with Crippen LogP contribution in [0.3, 0.4) is 0 Å². The maximum Gasteiger partial charge on any atom is 0.276 e. The SMILES string of the molecule is O=C(COc1cccc2ccccc12)NNC(=S)NC(=O)c1ccc(Cl)cc1Cl. The zero-order valence-electron chi connectivity index (χ0n) is 14.9. The van der Waals surface area contributed by atoms with Crippen LogP contribution >= 0.6 is 35.4 Å². The summed E-state index contributed by atoms with van der Waals surface area (Å²) in [5.41, 5.74) is 5.00. The normalized spacial score (nSPS) is 10.3. The van der Waals surface area contributed by atoms with Crippen molar-refractivity contribution in [3.63, 3.8) is 0 Å². The maximum absolute atomic E-state index is 12.2. The van der Waals surface area contributed by atoms with E-state index in [1.54, 1.807) is 6.07 Å². The van der Waals surface area contributed by atoms with E-state index >= 15 is 0 Å². The molecule has 0 spiro atoms. The van der Waals surface area contributed by atoms with Crippen LogP contribution in [0.1, 0.15) is 10.4 Å². The van der Waals surface area contributed by atoms with Gasteiger partial charge >= 0.3 is 0 Å². The first-order chi connectivity index (χ1) is 13.9. The van der Waals surface area contributed by atoms with Crippen molar-refractivity contribution in [1.82, 2.24) is 16.2 Å². The Bertz CT molecular complexity index is 1090. The predicted molar refractivity (Wildman–Crippen MR) is 117 cm³/mol. The fraction of sp³-hybridized carbons (Fsp3) is 0.0500. The molecule has 0 aliphatic carbocycles. The van der Waals surface area contributed by atoms with E-state index in [4.69, 9.17) is 40.2 Å². The van der Waals surface area contributed by atoms with Crippen LogP contribution in [0, 0.1) is 0 Å². The van der Waals surface area contributed by atoms with Gasteiger partial charge < -0.3 is 4.74 Å². The lowest BCUT2D eigenvalue weighted by molar-refractivity contribution is -0.123. The number of hydrogen-bond donors (Lipinski definition) is 3. The molecule has 0 fully saturated rings. The van der Waals surface area contributed by atoms with Crippen LogP contribution in [0.15, 0.2) is 60.7 Å². The number of amides is 2. The number of hydrogen-bond acceptors (Lipinski definition) is 4. The third-order valence-corrected chi connectivity index (χ3v) is 4.58. The van der Waals surface area contributed by atoms with Crippen LogP contribution in [-0.2, 0) is 4.79 Å². The molecular formula is C20H15Cl2N3O3S. The summed E-state index contributed by atoms with van der Waals surface area (Å²) < 4.78 is 5.58. The number of benzene rings is 3. The van der Waals surface area contributed by atoms with E-state index < -0.39 is 11.8 Å². The quantitative estimate of drug-likeness (QED) is 0.417. The first-order valence-corrected chi connectivity index (χ1v) is 9.56. The second kappa shape index (κ2) is 9.56. The summed E-state index contributed by atoms with van der Waals surface area (Å²) in [6.07, 6.45) is 0. The molecule has 0 aliphatic rings. The Morgan fingerprint density at radius 1 is 0.966 bits per heavy atom. The topological polar surface area (TPSA) is 79.5 Å². The zero-order valence-corrected chi connectivity index (χ0v) is 17.2. The van der Waals surface area contributed by atoms with Crippen LogP contribution in [0.5, 0.6) is 5.75 Å². The molecule has 29 heavy (non-hydrogen) atoms. The minimum Gasteiger partial charge on any atom is -0.483 e. The van der Waals surface area contributed by atoms with Gasteiger partial charge in [0.25, 0.3) is 11.8 Å². The lowest BCUT2D eigenvalue weighted by Crippen LogP contribution is -2.49. The van der Waals surface area contributed by atoms with Gasteiger partial charge in [-0.3, -0.25) is 25.8 Å². The first kappa shape index (κ1) is 20.9. The molecule has 3 N–H and O–H groups in total. The van der Waals surface area contributed by atoms with E-state index in [0.29, 0.717) is 10.8 Å². The van der Waals surface area contributed by atoms with Crippen molar-refractivity contribution in [1.29, 1.82) is 0 Å². The fourth-order valence-electron chi connectivity index (χ4n) is 2.50. The molecule has 0 aliphatic heterocycles. The van der Waals surface area contributed by atoms with Gasteiger partial charge in [0.05, 0.1) is 10.6 Å². The molecule has 0 aromatic heterocycles. The summed E-state index contributed by atoms with van der Waals surface area (Å²) in [4.78, 5) is 24.2. The van der Waals surface area contributed by atoms with Crippen molar-refractivity contribution in [2.75, 3.05) is 6.61 Å². The molecule has 0 saturated heterocycles. The molecule has 9 heteroatoms. The summed E-state index contributed by atoms with van der Waals surface area (Å²) in [6, 6.07) is 17.7. The highest BCUT2D eigenvalue weighted by atomic mass is 35.5. The highest BCUT2D eigenvalue weighted by Crippen LogP contribution is 2.25. The number of halogens is 2. The van der Waals surface area contributed by atoms with Crippen molar-refractivity contribution in [3.05, 3.63) is 76.3 Å². The molecule has 6 nitrogen and oxygen atoms in total. The van der Waals surface area contributed by atoms with Gasteiger partial charge in [-0.1, -0.05) is 59.6 Å². The lowest BCUT2D eigenvalue weighted by atomic mass is 10.1. The molecule has 2 amide bonds. The number of fused-ring (bicyclic) bond motifs is 1. The van der Waals surface area contributed by atoms with Gasteiger partial charge in [0.15, 0.2) is 11.7 Å². The van der Waals surface area contributed by atoms with Gasteiger partial charge in [-0.25, -0.2) is 0 Å². The Kier molecular flexibility index (Phi) is 6.87. The van der Waals surface area contributed by atoms with E-state index in [9.17, 15) is 9.59 Å². The molecular weight excluding hydrogens is 433 g/mol. The molecule has 3 aromatic carbocycles. The first-order valence-electron chi connectivity index (χ1n) is 8.40. The van der Waals surface area contributed by atoms with Crippen LogP contribution in [0.4, 0.5) is 0 Å². The van der Waals surface area contributed by atoms with E-state index in [0.717, 1.165) is 10.8 Å². The highest BCUT2D eigenvalue weighted by molar-refractivity contribution is 7.80.